The maximum absolute atomic E-state index is 5.84. The highest BCUT2D eigenvalue weighted by molar-refractivity contribution is 5.87. The summed E-state index contributed by atoms with van der Waals surface area (Å²) in [5.74, 6) is 0.838. The van der Waals surface area contributed by atoms with Crippen LogP contribution in [0.2, 0.25) is 0 Å². The van der Waals surface area contributed by atoms with E-state index in [1.54, 1.807) is 7.11 Å². The van der Waals surface area contributed by atoms with Gasteiger partial charge < -0.3 is 10.5 Å². The standard InChI is InChI=1S/C14H15N3O/c1-9-11(8-15)17-13(16-9)7-6-10-4-3-5-12(18-2)14(10)17/h3-7H,8,15H2,1-2H3. The average Bonchev–Trinajstić information content (AvgIpc) is 2.73. The largest absolute Gasteiger partial charge is 0.495 e. The van der Waals surface area contributed by atoms with Crippen LogP contribution in [0.1, 0.15) is 11.4 Å². The number of aromatic nitrogens is 2. The van der Waals surface area contributed by atoms with Gasteiger partial charge in [0, 0.05) is 11.9 Å². The molecule has 3 rings (SSSR count). The monoisotopic (exact) mass is 241 g/mol. The van der Waals surface area contributed by atoms with Crippen molar-refractivity contribution >= 4 is 16.6 Å². The second kappa shape index (κ2) is 3.99. The van der Waals surface area contributed by atoms with Gasteiger partial charge in [-0.2, -0.15) is 0 Å². The molecule has 0 spiro atoms. The van der Waals surface area contributed by atoms with Crippen molar-refractivity contribution in [2.45, 2.75) is 13.5 Å². The summed E-state index contributed by atoms with van der Waals surface area (Å²) in [6.07, 6.45) is 0. The molecular weight excluding hydrogens is 226 g/mol. The third kappa shape index (κ3) is 1.39. The third-order valence-electron chi connectivity index (χ3n) is 3.28. The summed E-state index contributed by atoms with van der Waals surface area (Å²) >= 11 is 0. The van der Waals surface area contributed by atoms with Crippen molar-refractivity contribution in [3.63, 3.8) is 0 Å². The quantitative estimate of drug-likeness (QED) is 0.748. The zero-order chi connectivity index (χ0) is 12.7. The van der Waals surface area contributed by atoms with Crippen LogP contribution in [0, 0.1) is 6.92 Å². The van der Waals surface area contributed by atoms with Crippen LogP contribution in [-0.2, 0) is 6.54 Å². The number of hydrogen-bond donors (Lipinski definition) is 1. The van der Waals surface area contributed by atoms with E-state index in [0.717, 1.165) is 33.7 Å². The van der Waals surface area contributed by atoms with Crippen molar-refractivity contribution in [2.75, 3.05) is 7.11 Å². The summed E-state index contributed by atoms with van der Waals surface area (Å²) in [4.78, 5) is 4.54. The highest BCUT2D eigenvalue weighted by Gasteiger charge is 2.12. The van der Waals surface area contributed by atoms with E-state index in [9.17, 15) is 0 Å². The van der Waals surface area contributed by atoms with E-state index in [2.05, 4.69) is 21.5 Å². The van der Waals surface area contributed by atoms with Gasteiger partial charge in [0.2, 0.25) is 0 Å². The predicted octanol–water partition coefficient (Wildman–Crippen LogP) is 2.26. The number of pyridine rings is 1. The number of imidazole rings is 1. The summed E-state index contributed by atoms with van der Waals surface area (Å²) in [5, 5.41) is 1.12. The van der Waals surface area contributed by atoms with Gasteiger partial charge in [0.15, 0.2) is 0 Å². The summed E-state index contributed by atoms with van der Waals surface area (Å²) < 4.78 is 7.54. The Hall–Kier alpha value is -2.07. The molecule has 2 N–H and O–H groups in total. The molecule has 0 aliphatic rings. The van der Waals surface area contributed by atoms with Gasteiger partial charge in [-0.05, 0) is 25.1 Å². The van der Waals surface area contributed by atoms with Crippen LogP contribution in [0.5, 0.6) is 5.75 Å². The fraction of sp³-hybridized carbons (Fsp3) is 0.214. The van der Waals surface area contributed by atoms with Crippen LogP contribution in [0.25, 0.3) is 16.6 Å². The second-order valence-electron chi connectivity index (χ2n) is 4.27. The molecule has 1 aromatic carbocycles. The molecule has 3 aromatic rings. The maximum atomic E-state index is 5.84. The first-order valence-corrected chi connectivity index (χ1v) is 5.90. The molecule has 4 heteroatoms. The van der Waals surface area contributed by atoms with Gasteiger partial charge in [0.25, 0.3) is 0 Å². The first-order valence-electron chi connectivity index (χ1n) is 5.90. The number of ether oxygens (including phenoxy) is 1. The minimum Gasteiger partial charge on any atom is -0.495 e. The zero-order valence-electron chi connectivity index (χ0n) is 10.5. The van der Waals surface area contributed by atoms with Crippen LogP contribution >= 0.6 is 0 Å². The van der Waals surface area contributed by atoms with E-state index in [0.29, 0.717) is 6.54 Å². The number of hydrogen-bond acceptors (Lipinski definition) is 3. The van der Waals surface area contributed by atoms with E-state index in [1.807, 2.05) is 25.1 Å². The summed E-state index contributed by atoms with van der Waals surface area (Å²) in [6.45, 7) is 2.45. The van der Waals surface area contributed by atoms with E-state index in [1.165, 1.54) is 0 Å². The molecule has 92 valence electrons. The van der Waals surface area contributed by atoms with E-state index in [-0.39, 0.29) is 0 Å². The smallest absolute Gasteiger partial charge is 0.143 e. The van der Waals surface area contributed by atoms with Crippen LogP contribution in [0.15, 0.2) is 30.3 Å². The molecular formula is C14H15N3O. The zero-order valence-corrected chi connectivity index (χ0v) is 10.5. The minimum atomic E-state index is 0.462. The van der Waals surface area contributed by atoms with Crippen molar-refractivity contribution in [2.24, 2.45) is 5.73 Å². The van der Waals surface area contributed by atoms with E-state index in [4.69, 9.17) is 10.5 Å². The highest BCUT2D eigenvalue weighted by atomic mass is 16.5. The Bertz CT molecular complexity index is 731. The van der Waals surface area contributed by atoms with Crippen LogP contribution in [0.4, 0.5) is 0 Å². The molecule has 18 heavy (non-hydrogen) atoms. The fourth-order valence-corrected chi connectivity index (χ4v) is 2.43. The predicted molar refractivity (Wildman–Crippen MR) is 71.9 cm³/mol. The Morgan fingerprint density at radius 2 is 2.11 bits per heavy atom. The summed E-state index contributed by atoms with van der Waals surface area (Å²) in [7, 11) is 1.68. The first-order chi connectivity index (χ1) is 8.76. The Labute approximate surface area is 105 Å². The number of methoxy groups -OCH3 is 1. The molecule has 0 unspecified atom stereocenters. The second-order valence-corrected chi connectivity index (χ2v) is 4.27. The highest BCUT2D eigenvalue weighted by Crippen LogP contribution is 2.28. The van der Waals surface area contributed by atoms with E-state index >= 15 is 0 Å². The van der Waals surface area contributed by atoms with Crippen molar-refractivity contribution in [3.8, 4) is 5.75 Å². The molecule has 0 saturated carbocycles. The molecule has 2 heterocycles. The van der Waals surface area contributed by atoms with Gasteiger partial charge in [0.1, 0.15) is 11.4 Å². The fourth-order valence-electron chi connectivity index (χ4n) is 2.43. The lowest BCUT2D eigenvalue weighted by Crippen LogP contribution is -2.04. The molecule has 0 amide bonds. The molecule has 0 aliphatic heterocycles. The number of para-hydroxylation sites is 1. The lowest BCUT2D eigenvalue weighted by molar-refractivity contribution is 0.418. The molecule has 2 aromatic heterocycles. The SMILES string of the molecule is COc1cccc2ccc3nc(C)c(CN)n3c12. The lowest BCUT2D eigenvalue weighted by atomic mass is 10.2. The van der Waals surface area contributed by atoms with Gasteiger partial charge in [-0.1, -0.05) is 12.1 Å². The van der Waals surface area contributed by atoms with Gasteiger partial charge in [-0.3, -0.25) is 4.40 Å². The molecule has 4 nitrogen and oxygen atoms in total. The Morgan fingerprint density at radius 1 is 1.28 bits per heavy atom. The number of nitrogens with two attached hydrogens (primary N) is 1. The number of aryl methyl sites for hydroxylation is 1. The van der Waals surface area contributed by atoms with Crippen molar-refractivity contribution < 1.29 is 4.74 Å². The molecule has 0 radical (unpaired) electrons. The minimum absolute atomic E-state index is 0.462. The number of nitrogens with zero attached hydrogens (tertiary/aromatic N) is 2. The number of benzene rings is 1. The first kappa shape index (κ1) is 11.0. The molecule has 0 fully saturated rings. The summed E-state index contributed by atoms with van der Waals surface area (Å²) in [5.41, 5.74) is 9.77. The number of fused-ring (bicyclic) bond motifs is 3. The van der Waals surface area contributed by atoms with Gasteiger partial charge in [0.05, 0.1) is 24.0 Å². The van der Waals surface area contributed by atoms with Gasteiger partial charge in [-0.15, -0.1) is 0 Å². The Morgan fingerprint density at radius 3 is 2.83 bits per heavy atom. The van der Waals surface area contributed by atoms with Crippen molar-refractivity contribution in [1.29, 1.82) is 0 Å². The van der Waals surface area contributed by atoms with Crippen LogP contribution in [-0.4, -0.2) is 16.5 Å². The topological polar surface area (TPSA) is 52.5 Å². The maximum Gasteiger partial charge on any atom is 0.143 e. The number of rotatable bonds is 2. The molecule has 0 bridgehead atoms. The molecule has 0 atom stereocenters. The molecule has 0 saturated heterocycles. The van der Waals surface area contributed by atoms with Crippen LogP contribution < -0.4 is 10.5 Å². The van der Waals surface area contributed by atoms with Crippen molar-refractivity contribution in [3.05, 3.63) is 41.7 Å². The average molecular weight is 241 g/mol. The van der Waals surface area contributed by atoms with Gasteiger partial charge >= 0.3 is 0 Å². The van der Waals surface area contributed by atoms with E-state index < -0.39 is 0 Å². The Balaban J connectivity index is 2.57. The summed E-state index contributed by atoms with van der Waals surface area (Å²) in [6, 6.07) is 10.1. The van der Waals surface area contributed by atoms with Gasteiger partial charge in [-0.25, -0.2) is 4.98 Å². The molecule has 0 aliphatic carbocycles. The lowest BCUT2D eigenvalue weighted by Gasteiger charge is -2.09. The van der Waals surface area contributed by atoms with Crippen molar-refractivity contribution in [1.82, 2.24) is 9.38 Å². The van der Waals surface area contributed by atoms with Crippen LogP contribution in [0.3, 0.4) is 0 Å². The normalized spacial score (nSPS) is 11.3. The Kier molecular flexibility index (Phi) is 2.45. The third-order valence-corrected chi connectivity index (χ3v) is 3.28.